The van der Waals surface area contributed by atoms with Crippen LogP contribution in [0.5, 0.6) is 0 Å². The first kappa shape index (κ1) is 30.3. The standard InChI is InChI=1S/C29H44BrNO5/c1-4-7-8-9-10-11-12-13-14-15-16-17-21-25-26(23-19-18-20-24(30)22-23)31-36-29(25,27(32)34-5-2)28(33)35-6-3/h18-20,22,25H,4-17,21H2,1-3H3. The summed E-state index contributed by atoms with van der Waals surface area (Å²) < 4.78 is 11.5. The topological polar surface area (TPSA) is 74.2 Å². The van der Waals surface area contributed by atoms with Crippen molar-refractivity contribution >= 4 is 33.6 Å². The number of rotatable bonds is 18. The highest BCUT2D eigenvalue weighted by Gasteiger charge is 2.63. The van der Waals surface area contributed by atoms with Gasteiger partial charge in [0.1, 0.15) is 0 Å². The molecule has 1 aromatic rings. The zero-order valence-electron chi connectivity index (χ0n) is 22.4. The van der Waals surface area contributed by atoms with E-state index < -0.39 is 23.5 Å². The smallest absolute Gasteiger partial charge is 0.366 e. The van der Waals surface area contributed by atoms with Crippen molar-refractivity contribution in [1.29, 1.82) is 0 Å². The second kappa shape index (κ2) is 16.8. The first-order chi connectivity index (χ1) is 17.5. The summed E-state index contributed by atoms with van der Waals surface area (Å²) in [6, 6.07) is 7.65. The first-order valence-electron chi connectivity index (χ1n) is 13.9. The molecule has 0 saturated heterocycles. The Morgan fingerprint density at radius 3 is 1.89 bits per heavy atom. The van der Waals surface area contributed by atoms with Crippen molar-refractivity contribution in [3.8, 4) is 0 Å². The van der Waals surface area contributed by atoms with Crippen molar-refractivity contribution < 1.29 is 23.9 Å². The molecule has 1 heterocycles. The Bertz CT molecular complexity index is 823. The Labute approximate surface area is 225 Å². The monoisotopic (exact) mass is 565 g/mol. The highest BCUT2D eigenvalue weighted by Crippen LogP contribution is 2.39. The Hall–Kier alpha value is -1.89. The number of esters is 2. The summed E-state index contributed by atoms with van der Waals surface area (Å²) in [6.07, 6.45) is 15.4. The van der Waals surface area contributed by atoms with Gasteiger partial charge in [-0.05, 0) is 32.4 Å². The SMILES string of the molecule is CCCCCCCCCCCCCCC1C(c2cccc(Br)c2)=NOC1(C(=O)OCC)C(=O)OCC. The number of ether oxygens (including phenoxy) is 2. The maximum atomic E-state index is 13.1. The Kier molecular flexibility index (Phi) is 14.1. The van der Waals surface area contributed by atoms with E-state index in [4.69, 9.17) is 14.3 Å². The number of hydrogen-bond acceptors (Lipinski definition) is 6. The van der Waals surface area contributed by atoms with Crippen molar-refractivity contribution in [1.82, 2.24) is 0 Å². The fourth-order valence-electron chi connectivity index (χ4n) is 4.79. The van der Waals surface area contributed by atoms with E-state index in [1.807, 2.05) is 24.3 Å². The van der Waals surface area contributed by atoms with Gasteiger partial charge in [-0.3, -0.25) is 0 Å². The van der Waals surface area contributed by atoms with Crippen LogP contribution in [-0.4, -0.2) is 36.5 Å². The minimum atomic E-state index is -1.90. The Balaban J connectivity index is 1.99. The minimum Gasteiger partial charge on any atom is -0.462 e. The molecule has 2 rings (SSSR count). The van der Waals surface area contributed by atoms with Gasteiger partial charge in [0, 0.05) is 10.0 Å². The molecule has 1 aliphatic heterocycles. The fourth-order valence-corrected chi connectivity index (χ4v) is 5.19. The van der Waals surface area contributed by atoms with Gasteiger partial charge in [-0.1, -0.05) is 117 Å². The number of nitrogens with zero attached hydrogens (tertiary/aromatic N) is 1. The summed E-state index contributed by atoms with van der Waals surface area (Å²) in [5, 5.41) is 4.26. The van der Waals surface area contributed by atoms with Gasteiger partial charge in [-0.25, -0.2) is 9.59 Å². The fraction of sp³-hybridized carbons (Fsp3) is 0.690. The van der Waals surface area contributed by atoms with Gasteiger partial charge in [0.15, 0.2) is 0 Å². The summed E-state index contributed by atoms with van der Waals surface area (Å²) in [6.45, 7) is 5.95. The third-order valence-electron chi connectivity index (χ3n) is 6.73. The molecule has 0 aromatic heterocycles. The molecule has 1 aliphatic rings. The van der Waals surface area contributed by atoms with Gasteiger partial charge in [0.2, 0.25) is 0 Å². The van der Waals surface area contributed by atoms with Crippen molar-refractivity contribution in [3.05, 3.63) is 34.3 Å². The van der Waals surface area contributed by atoms with Gasteiger partial charge in [-0.2, -0.15) is 0 Å². The maximum Gasteiger partial charge on any atom is 0.366 e. The number of halogens is 1. The van der Waals surface area contributed by atoms with E-state index in [0.717, 1.165) is 29.3 Å². The van der Waals surface area contributed by atoms with Crippen LogP contribution in [0, 0.1) is 5.92 Å². The van der Waals surface area contributed by atoms with E-state index in [1.54, 1.807) is 13.8 Å². The zero-order valence-corrected chi connectivity index (χ0v) is 23.9. The third kappa shape index (κ3) is 8.60. The molecule has 0 radical (unpaired) electrons. The lowest BCUT2D eigenvalue weighted by Crippen LogP contribution is -2.55. The van der Waals surface area contributed by atoms with Crippen LogP contribution in [-0.2, 0) is 23.9 Å². The summed E-state index contributed by atoms with van der Waals surface area (Å²) >= 11 is 3.50. The van der Waals surface area contributed by atoms with E-state index in [9.17, 15) is 9.59 Å². The lowest BCUT2D eigenvalue weighted by Gasteiger charge is -2.28. The predicted octanol–water partition coefficient (Wildman–Crippen LogP) is 7.76. The molecule has 0 fully saturated rings. The first-order valence-corrected chi connectivity index (χ1v) is 14.7. The number of carbonyl (C=O) groups is 2. The van der Waals surface area contributed by atoms with Crippen molar-refractivity contribution in [2.45, 2.75) is 110 Å². The summed E-state index contributed by atoms with van der Waals surface area (Å²) in [7, 11) is 0. The molecule has 0 saturated carbocycles. The molecule has 0 aliphatic carbocycles. The zero-order chi connectivity index (χ0) is 26.2. The second-order valence-corrected chi connectivity index (χ2v) is 10.4. The molecule has 7 heteroatoms. The van der Waals surface area contributed by atoms with Crippen LogP contribution in [0.15, 0.2) is 33.9 Å². The van der Waals surface area contributed by atoms with Crippen LogP contribution in [0.25, 0.3) is 0 Å². The minimum absolute atomic E-state index is 0.140. The van der Waals surface area contributed by atoms with Gasteiger partial charge >= 0.3 is 17.5 Å². The number of benzene rings is 1. The quantitative estimate of drug-likeness (QED) is 0.103. The van der Waals surface area contributed by atoms with Gasteiger partial charge in [0.05, 0.1) is 24.8 Å². The summed E-state index contributed by atoms with van der Waals surface area (Å²) in [5.41, 5.74) is -0.509. The van der Waals surface area contributed by atoms with Crippen molar-refractivity contribution in [2.75, 3.05) is 13.2 Å². The van der Waals surface area contributed by atoms with Crippen LogP contribution < -0.4 is 0 Å². The summed E-state index contributed by atoms with van der Waals surface area (Å²) in [5.74, 6) is -2.05. The number of hydrogen-bond donors (Lipinski definition) is 0. The van der Waals surface area contributed by atoms with Crippen molar-refractivity contribution in [2.24, 2.45) is 11.1 Å². The van der Waals surface area contributed by atoms with Crippen LogP contribution >= 0.6 is 15.9 Å². The summed E-state index contributed by atoms with van der Waals surface area (Å²) in [4.78, 5) is 31.9. The van der Waals surface area contributed by atoms with Gasteiger partial charge in [0.25, 0.3) is 0 Å². The van der Waals surface area contributed by atoms with E-state index >= 15 is 0 Å². The van der Waals surface area contributed by atoms with E-state index in [-0.39, 0.29) is 13.2 Å². The maximum absolute atomic E-state index is 13.1. The molecule has 1 atom stereocenters. The van der Waals surface area contributed by atoms with Crippen LogP contribution in [0.2, 0.25) is 0 Å². The lowest BCUT2D eigenvalue weighted by molar-refractivity contribution is -0.192. The molecule has 1 aromatic carbocycles. The molecule has 6 nitrogen and oxygen atoms in total. The van der Waals surface area contributed by atoms with Gasteiger partial charge < -0.3 is 14.3 Å². The lowest BCUT2D eigenvalue weighted by atomic mass is 9.78. The number of oxime groups is 1. The predicted molar refractivity (Wildman–Crippen MR) is 147 cm³/mol. The average molecular weight is 567 g/mol. The van der Waals surface area contributed by atoms with Gasteiger partial charge in [-0.15, -0.1) is 0 Å². The van der Waals surface area contributed by atoms with Crippen molar-refractivity contribution in [3.63, 3.8) is 0 Å². The van der Waals surface area contributed by atoms with Crippen LogP contribution in [0.3, 0.4) is 0 Å². The molecule has 36 heavy (non-hydrogen) atoms. The molecule has 202 valence electrons. The van der Waals surface area contributed by atoms with E-state index in [1.165, 1.54) is 57.8 Å². The second-order valence-electron chi connectivity index (χ2n) is 9.49. The normalized spacial score (nSPS) is 16.3. The highest BCUT2D eigenvalue weighted by atomic mass is 79.9. The number of carbonyl (C=O) groups excluding carboxylic acids is 2. The molecule has 0 amide bonds. The number of unbranched alkanes of at least 4 members (excludes halogenated alkanes) is 11. The third-order valence-corrected chi connectivity index (χ3v) is 7.23. The van der Waals surface area contributed by atoms with Crippen LogP contribution in [0.4, 0.5) is 0 Å². The van der Waals surface area contributed by atoms with E-state index in [2.05, 4.69) is 28.0 Å². The molecular weight excluding hydrogens is 522 g/mol. The molecule has 0 spiro atoms. The van der Waals surface area contributed by atoms with E-state index in [0.29, 0.717) is 12.1 Å². The molecule has 0 bridgehead atoms. The Morgan fingerprint density at radius 2 is 1.39 bits per heavy atom. The molecular formula is C29H44BrNO5. The van der Waals surface area contributed by atoms with Crippen LogP contribution in [0.1, 0.15) is 110 Å². The molecule has 1 unspecified atom stereocenters. The average Bonchev–Trinajstić information content (AvgIpc) is 3.25. The Morgan fingerprint density at radius 1 is 0.861 bits per heavy atom. The highest BCUT2D eigenvalue weighted by molar-refractivity contribution is 9.10. The largest absolute Gasteiger partial charge is 0.462 e. The molecule has 0 N–H and O–H groups in total.